The smallest absolute Gasteiger partial charge is 0.317 e. The van der Waals surface area contributed by atoms with Crippen LogP contribution in [-0.4, -0.2) is 18.1 Å². The summed E-state index contributed by atoms with van der Waals surface area (Å²) in [5.74, 6) is 0.476. The number of pyridine rings is 1. The molecule has 1 aromatic heterocycles. The van der Waals surface area contributed by atoms with Crippen molar-refractivity contribution >= 4 is 24.8 Å². The minimum atomic E-state index is -4.29. The molecule has 0 radical (unpaired) electrons. The minimum absolute atomic E-state index is 0. The summed E-state index contributed by atoms with van der Waals surface area (Å²) in [6.07, 6.45) is -1.57. The predicted octanol–water partition coefficient (Wildman–Crippen LogP) is 5.00. The molecule has 7 heteroatoms. The largest absolute Gasteiger partial charge is 0.416 e. The number of nitrogens with one attached hydrogen (secondary N) is 1. The van der Waals surface area contributed by atoms with Crippen molar-refractivity contribution < 1.29 is 13.2 Å². The predicted molar refractivity (Wildman–Crippen MR) is 97.8 cm³/mol. The summed E-state index contributed by atoms with van der Waals surface area (Å²) in [6, 6.07) is 11.3. The minimum Gasteiger partial charge on any atom is -0.317 e. The Morgan fingerprint density at radius 2 is 1.60 bits per heavy atom. The van der Waals surface area contributed by atoms with Crippen LogP contribution in [0.15, 0.2) is 42.5 Å². The molecule has 0 bridgehead atoms. The van der Waals surface area contributed by atoms with E-state index in [2.05, 4.69) is 5.32 Å². The fourth-order valence-electron chi connectivity index (χ4n) is 2.96. The molecule has 0 unspecified atom stereocenters. The van der Waals surface area contributed by atoms with Gasteiger partial charge in [0.05, 0.1) is 5.56 Å². The molecule has 0 aliphatic carbocycles. The van der Waals surface area contributed by atoms with Crippen LogP contribution in [0.1, 0.15) is 41.3 Å². The molecule has 1 aliphatic rings. The Morgan fingerprint density at radius 3 is 2.20 bits per heavy atom. The van der Waals surface area contributed by atoms with E-state index in [1.54, 1.807) is 0 Å². The van der Waals surface area contributed by atoms with Gasteiger partial charge < -0.3 is 5.32 Å². The second-order valence-corrected chi connectivity index (χ2v) is 5.95. The highest BCUT2D eigenvalue weighted by atomic mass is 35.5. The highest BCUT2D eigenvalue weighted by Gasteiger charge is 2.29. The molecular formula is C18H21Cl2F3N2. The van der Waals surface area contributed by atoms with E-state index in [0.717, 1.165) is 55.0 Å². The zero-order chi connectivity index (χ0) is 16.3. The lowest BCUT2D eigenvalue weighted by Gasteiger charge is -2.22. The van der Waals surface area contributed by atoms with Gasteiger partial charge in [0.2, 0.25) is 0 Å². The Kier molecular flexibility index (Phi) is 8.19. The molecule has 0 atom stereocenters. The van der Waals surface area contributed by atoms with Gasteiger partial charge in [0.25, 0.3) is 0 Å². The first kappa shape index (κ1) is 21.7. The molecule has 3 rings (SSSR count). The van der Waals surface area contributed by atoms with Crippen molar-refractivity contribution in [3.05, 3.63) is 65.0 Å². The van der Waals surface area contributed by atoms with Crippen molar-refractivity contribution in [1.29, 1.82) is 0 Å². The van der Waals surface area contributed by atoms with Gasteiger partial charge in [-0.05, 0) is 55.8 Å². The molecule has 2 nitrogen and oxygen atoms in total. The lowest BCUT2D eigenvalue weighted by atomic mass is 9.94. The van der Waals surface area contributed by atoms with E-state index in [-0.39, 0.29) is 24.8 Å². The summed E-state index contributed by atoms with van der Waals surface area (Å²) in [5, 5.41) is 3.34. The van der Waals surface area contributed by atoms with E-state index in [1.165, 1.54) is 12.1 Å². The SMILES string of the molecule is Cl.Cl.FC(F)(F)c1ccc(Cc2cccc(C3CCNCC3)n2)cc1. The molecule has 138 valence electrons. The number of nitrogens with zero attached hydrogens (tertiary/aromatic N) is 1. The van der Waals surface area contributed by atoms with Gasteiger partial charge in [-0.15, -0.1) is 24.8 Å². The number of benzene rings is 1. The number of rotatable bonds is 3. The topological polar surface area (TPSA) is 24.9 Å². The van der Waals surface area contributed by atoms with Crippen molar-refractivity contribution in [2.45, 2.75) is 31.4 Å². The van der Waals surface area contributed by atoms with Crippen LogP contribution in [0.2, 0.25) is 0 Å². The Morgan fingerprint density at radius 1 is 0.960 bits per heavy atom. The number of hydrogen-bond donors (Lipinski definition) is 1. The quantitative estimate of drug-likeness (QED) is 0.794. The highest BCUT2D eigenvalue weighted by molar-refractivity contribution is 5.85. The first-order chi connectivity index (χ1) is 11.0. The van der Waals surface area contributed by atoms with Crippen molar-refractivity contribution in [1.82, 2.24) is 10.3 Å². The second-order valence-electron chi connectivity index (χ2n) is 5.95. The summed E-state index contributed by atoms with van der Waals surface area (Å²) < 4.78 is 37.8. The van der Waals surface area contributed by atoms with E-state index < -0.39 is 11.7 Å². The first-order valence-electron chi connectivity index (χ1n) is 7.85. The fourth-order valence-corrected chi connectivity index (χ4v) is 2.96. The van der Waals surface area contributed by atoms with Gasteiger partial charge in [-0.3, -0.25) is 4.98 Å². The van der Waals surface area contributed by atoms with Gasteiger partial charge >= 0.3 is 6.18 Å². The third kappa shape index (κ3) is 5.87. The molecule has 1 fully saturated rings. The van der Waals surface area contributed by atoms with Gasteiger partial charge in [-0.25, -0.2) is 0 Å². The zero-order valence-electron chi connectivity index (χ0n) is 13.6. The zero-order valence-corrected chi connectivity index (χ0v) is 15.2. The summed E-state index contributed by atoms with van der Waals surface area (Å²) in [6.45, 7) is 2.02. The second kappa shape index (κ2) is 9.41. The molecule has 1 aliphatic heterocycles. The Bertz CT molecular complexity index is 654. The molecule has 2 heterocycles. The first-order valence-corrected chi connectivity index (χ1v) is 7.85. The van der Waals surface area contributed by atoms with Crippen LogP contribution < -0.4 is 5.32 Å². The molecule has 1 N–H and O–H groups in total. The van der Waals surface area contributed by atoms with Crippen molar-refractivity contribution in [3.8, 4) is 0 Å². The maximum Gasteiger partial charge on any atom is 0.416 e. The van der Waals surface area contributed by atoms with Crippen LogP contribution in [0, 0.1) is 0 Å². The van der Waals surface area contributed by atoms with Crippen LogP contribution in [0.4, 0.5) is 13.2 Å². The molecule has 25 heavy (non-hydrogen) atoms. The van der Waals surface area contributed by atoms with Crippen LogP contribution >= 0.6 is 24.8 Å². The summed E-state index contributed by atoms with van der Waals surface area (Å²) in [7, 11) is 0. The molecule has 0 spiro atoms. The van der Waals surface area contributed by atoms with Crippen molar-refractivity contribution in [2.24, 2.45) is 0 Å². The van der Waals surface area contributed by atoms with Gasteiger partial charge in [-0.1, -0.05) is 18.2 Å². The van der Waals surface area contributed by atoms with Gasteiger partial charge in [0.1, 0.15) is 0 Å². The molecule has 0 amide bonds. The Labute approximate surface area is 158 Å². The Hall–Kier alpha value is -1.30. The van der Waals surface area contributed by atoms with Crippen LogP contribution in [0.3, 0.4) is 0 Å². The average Bonchev–Trinajstić information content (AvgIpc) is 2.56. The van der Waals surface area contributed by atoms with Crippen LogP contribution in [-0.2, 0) is 12.6 Å². The molecule has 1 saturated heterocycles. The number of piperidine rings is 1. The number of hydrogen-bond acceptors (Lipinski definition) is 2. The van der Waals surface area contributed by atoms with E-state index in [9.17, 15) is 13.2 Å². The summed E-state index contributed by atoms with van der Waals surface area (Å²) >= 11 is 0. The molecule has 0 saturated carbocycles. The van der Waals surface area contributed by atoms with Gasteiger partial charge in [0.15, 0.2) is 0 Å². The third-order valence-electron chi connectivity index (χ3n) is 4.25. The molecular weight excluding hydrogens is 372 g/mol. The van der Waals surface area contributed by atoms with Crippen molar-refractivity contribution in [3.63, 3.8) is 0 Å². The standard InChI is InChI=1S/C18H19F3N2.2ClH/c19-18(20,21)15-6-4-13(5-7-15)12-16-2-1-3-17(23-16)14-8-10-22-11-9-14;;/h1-7,14,22H,8-12H2;2*1H. The lowest BCUT2D eigenvalue weighted by molar-refractivity contribution is -0.137. The number of alkyl halides is 3. The van der Waals surface area contributed by atoms with Crippen molar-refractivity contribution in [2.75, 3.05) is 13.1 Å². The highest BCUT2D eigenvalue weighted by Crippen LogP contribution is 2.29. The normalized spacial score (nSPS) is 15.2. The maximum atomic E-state index is 12.6. The Balaban J connectivity index is 0.00000156. The average molecular weight is 393 g/mol. The monoisotopic (exact) mass is 392 g/mol. The van der Waals surface area contributed by atoms with E-state index in [0.29, 0.717) is 12.3 Å². The van der Waals surface area contributed by atoms with E-state index >= 15 is 0 Å². The number of halogens is 5. The molecule has 2 aromatic rings. The lowest BCUT2D eigenvalue weighted by Crippen LogP contribution is -2.27. The maximum absolute atomic E-state index is 12.6. The van der Waals surface area contributed by atoms with Gasteiger partial charge in [0, 0.05) is 23.7 Å². The van der Waals surface area contributed by atoms with Crippen LogP contribution in [0.25, 0.3) is 0 Å². The molecule has 1 aromatic carbocycles. The number of aromatic nitrogens is 1. The third-order valence-corrected chi connectivity index (χ3v) is 4.25. The fraction of sp³-hybridized carbons (Fsp3) is 0.389. The van der Waals surface area contributed by atoms with E-state index in [1.807, 2.05) is 18.2 Å². The summed E-state index contributed by atoms with van der Waals surface area (Å²) in [5.41, 5.74) is 2.22. The van der Waals surface area contributed by atoms with Crippen LogP contribution in [0.5, 0.6) is 0 Å². The van der Waals surface area contributed by atoms with E-state index in [4.69, 9.17) is 4.98 Å². The summed E-state index contributed by atoms with van der Waals surface area (Å²) in [4.78, 5) is 4.71. The van der Waals surface area contributed by atoms with Gasteiger partial charge in [-0.2, -0.15) is 13.2 Å².